The summed E-state index contributed by atoms with van der Waals surface area (Å²) >= 11 is 0. The normalized spacial score (nSPS) is 17.7. The van der Waals surface area contributed by atoms with Gasteiger partial charge >= 0.3 is 6.01 Å². The molecule has 1 aliphatic rings. The van der Waals surface area contributed by atoms with Crippen LogP contribution < -0.4 is 14.4 Å². The molecule has 2 atom stereocenters. The summed E-state index contributed by atoms with van der Waals surface area (Å²) < 4.78 is 47.4. The maximum absolute atomic E-state index is 16.4. The zero-order valence-corrected chi connectivity index (χ0v) is 21.0. The summed E-state index contributed by atoms with van der Waals surface area (Å²) in [5.74, 6) is 0.488. The fourth-order valence-corrected chi connectivity index (χ4v) is 4.71. The van der Waals surface area contributed by atoms with Crippen LogP contribution in [0, 0.1) is 24.0 Å². The molecule has 39 heavy (non-hydrogen) atoms. The molecule has 10 nitrogen and oxygen atoms in total. The van der Waals surface area contributed by atoms with Crippen LogP contribution in [0.3, 0.4) is 0 Å². The fraction of sp³-hybridized carbons (Fsp3) is 0.296. The van der Waals surface area contributed by atoms with E-state index in [9.17, 15) is 19.7 Å². The Morgan fingerprint density at radius 1 is 1.13 bits per heavy atom. The van der Waals surface area contributed by atoms with Gasteiger partial charge in [0.25, 0.3) is 0 Å². The van der Waals surface area contributed by atoms with Gasteiger partial charge in [-0.3, -0.25) is 0 Å². The summed E-state index contributed by atoms with van der Waals surface area (Å²) in [5, 5.41) is 31.1. The number of ether oxygens (including phenoxy) is 3. The van der Waals surface area contributed by atoms with Crippen molar-refractivity contribution in [3.63, 3.8) is 0 Å². The zero-order valence-electron chi connectivity index (χ0n) is 21.0. The van der Waals surface area contributed by atoms with E-state index in [2.05, 4.69) is 20.9 Å². The Bertz CT molecular complexity index is 1630. The van der Waals surface area contributed by atoms with Crippen molar-refractivity contribution < 1.29 is 38.3 Å². The average molecular weight is 539 g/mol. The molecule has 3 N–H and O–H groups in total. The molecule has 12 heteroatoms. The van der Waals surface area contributed by atoms with Crippen LogP contribution in [0.4, 0.5) is 14.6 Å². The van der Waals surface area contributed by atoms with E-state index in [1.54, 1.807) is 4.90 Å². The predicted molar refractivity (Wildman–Crippen MR) is 138 cm³/mol. The first-order valence-electron chi connectivity index (χ1n) is 11.9. The third-order valence-electron chi connectivity index (χ3n) is 6.42. The fourth-order valence-electron chi connectivity index (χ4n) is 4.71. The summed E-state index contributed by atoms with van der Waals surface area (Å²) in [4.78, 5) is 14.6. The van der Waals surface area contributed by atoms with Gasteiger partial charge in [-0.05, 0) is 23.6 Å². The van der Waals surface area contributed by atoms with Gasteiger partial charge in [-0.25, -0.2) is 13.8 Å². The summed E-state index contributed by atoms with van der Waals surface area (Å²) in [6.45, 7) is -0.192. The zero-order chi connectivity index (χ0) is 27.8. The number of pyridine rings is 1. The number of hydrogen-bond acceptors (Lipinski definition) is 10. The lowest BCUT2D eigenvalue weighted by molar-refractivity contribution is -0.0106. The molecule has 0 amide bonds. The van der Waals surface area contributed by atoms with Crippen molar-refractivity contribution in [3.8, 4) is 41.2 Å². The third kappa shape index (κ3) is 4.61. The smallest absolute Gasteiger partial charge is 0.318 e. The van der Waals surface area contributed by atoms with E-state index in [0.717, 1.165) is 6.07 Å². The van der Waals surface area contributed by atoms with Gasteiger partial charge in [0.05, 0.1) is 45.2 Å². The number of phenols is 1. The minimum absolute atomic E-state index is 0.0194. The van der Waals surface area contributed by atoms with Crippen molar-refractivity contribution in [2.75, 3.05) is 45.4 Å². The molecule has 202 valence electrons. The Morgan fingerprint density at radius 3 is 2.62 bits per heavy atom. The number of aliphatic hydroxyl groups excluding tert-OH is 2. The molecule has 0 saturated carbocycles. The van der Waals surface area contributed by atoms with Gasteiger partial charge < -0.3 is 34.4 Å². The number of nitrogens with zero attached hydrogens (tertiary/aromatic N) is 4. The number of halogens is 2. The van der Waals surface area contributed by atoms with Gasteiger partial charge in [0.1, 0.15) is 34.0 Å². The number of aromatic nitrogens is 3. The van der Waals surface area contributed by atoms with Crippen molar-refractivity contribution in [2.45, 2.75) is 12.2 Å². The lowest BCUT2D eigenvalue weighted by Gasteiger charge is -2.26. The monoisotopic (exact) mass is 538 g/mol. The number of hydrogen-bond donors (Lipinski definition) is 3. The van der Waals surface area contributed by atoms with Gasteiger partial charge in [-0.1, -0.05) is 12.0 Å². The number of anilines is 1. The number of methoxy groups -OCH3 is 2. The highest BCUT2D eigenvalue weighted by Gasteiger charge is 2.30. The summed E-state index contributed by atoms with van der Waals surface area (Å²) in [5.41, 5.74) is -0.652. The molecule has 0 spiro atoms. The van der Waals surface area contributed by atoms with Crippen LogP contribution in [-0.2, 0) is 4.74 Å². The maximum atomic E-state index is 16.4. The maximum Gasteiger partial charge on any atom is 0.318 e. The first kappa shape index (κ1) is 26.3. The van der Waals surface area contributed by atoms with Gasteiger partial charge in [0, 0.05) is 24.0 Å². The SMILES string of the molecule is C#Cc1c(F)ccc2cc(O)cc(-c3nc(OC)c4c(N5CC(O)CO[C@@H](CO)C5)nc(OC)nc4c3F)c12. The molecule has 1 saturated heterocycles. The number of aromatic hydroxyl groups is 1. The average Bonchev–Trinajstić information content (AvgIpc) is 3.13. The second-order valence-electron chi connectivity index (χ2n) is 8.90. The van der Waals surface area contributed by atoms with Crippen molar-refractivity contribution in [1.82, 2.24) is 15.0 Å². The quantitative estimate of drug-likeness (QED) is 0.326. The van der Waals surface area contributed by atoms with Gasteiger partial charge in [0.15, 0.2) is 5.82 Å². The molecular formula is C27H24F2N4O6. The van der Waals surface area contributed by atoms with Gasteiger partial charge in [0.2, 0.25) is 5.88 Å². The molecule has 0 aliphatic carbocycles. The molecule has 3 heterocycles. The van der Waals surface area contributed by atoms with E-state index in [1.807, 2.05) is 0 Å². The molecule has 4 aromatic rings. The highest BCUT2D eigenvalue weighted by Crippen LogP contribution is 2.42. The van der Waals surface area contributed by atoms with Crippen LogP contribution in [0.5, 0.6) is 17.6 Å². The first-order chi connectivity index (χ1) is 18.8. The van der Waals surface area contributed by atoms with E-state index in [4.69, 9.17) is 20.6 Å². The van der Waals surface area contributed by atoms with E-state index >= 15 is 4.39 Å². The van der Waals surface area contributed by atoms with Crippen molar-refractivity contribution >= 4 is 27.5 Å². The van der Waals surface area contributed by atoms with Crippen LogP contribution in [-0.4, -0.2) is 83.0 Å². The van der Waals surface area contributed by atoms with Crippen molar-refractivity contribution in [1.29, 1.82) is 0 Å². The summed E-state index contributed by atoms with van der Waals surface area (Å²) in [6, 6.07) is 5.00. The molecule has 0 radical (unpaired) electrons. The summed E-state index contributed by atoms with van der Waals surface area (Å²) in [7, 11) is 2.63. The number of fused-ring (bicyclic) bond motifs is 2. The van der Waals surface area contributed by atoms with E-state index in [-0.39, 0.29) is 82.9 Å². The number of rotatable bonds is 5. The molecule has 1 fully saturated rings. The van der Waals surface area contributed by atoms with E-state index < -0.39 is 23.8 Å². The van der Waals surface area contributed by atoms with Crippen LogP contribution in [0.2, 0.25) is 0 Å². The van der Waals surface area contributed by atoms with E-state index in [0.29, 0.717) is 5.39 Å². The third-order valence-corrected chi connectivity index (χ3v) is 6.42. The minimum atomic E-state index is -0.934. The van der Waals surface area contributed by atoms with Gasteiger partial charge in [-0.2, -0.15) is 9.97 Å². The highest BCUT2D eigenvalue weighted by molar-refractivity contribution is 6.04. The van der Waals surface area contributed by atoms with Crippen LogP contribution >= 0.6 is 0 Å². The molecule has 1 unspecified atom stereocenters. The van der Waals surface area contributed by atoms with Crippen LogP contribution in [0.15, 0.2) is 24.3 Å². The molecule has 2 aromatic heterocycles. The Kier molecular flexibility index (Phi) is 7.05. The van der Waals surface area contributed by atoms with Crippen LogP contribution in [0.25, 0.3) is 32.9 Å². The first-order valence-corrected chi connectivity index (χ1v) is 11.9. The van der Waals surface area contributed by atoms with Crippen LogP contribution in [0.1, 0.15) is 5.56 Å². The number of benzene rings is 2. The Labute approximate surface area is 221 Å². The highest BCUT2D eigenvalue weighted by atomic mass is 19.1. The molecule has 5 rings (SSSR count). The Balaban J connectivity index is 1.84. The number of β-amino-alcohol motifs (C(OH)–C–C–N with tert-alkyl or cyclic N) is 1. The Morgan fingerprint density at radius 2 is 1.92 bits per heavy atom. The van der Waals surface area contributed by atoms with Crippen molar-refractivity contribution in [3.05, 3.63) is 41.5 Å². The summed E-state index contributed by atoms with van der Waals surface area (Å²) in [6.07, 6.45) is 4.00. The lowest BCUT2D eigenvalue weighted by Crippen LogP contribution is -2.36. The standard InChI is InChI=1S/C27H24F2N4O6/c1-4-17-19(28)6-5-13-7-14(35)8-18(20(13)17)23-22(29)24-21(26(30-23)37-2)25(32-27(31-24)38-3)33-9-15(36)12-39-16(10-33)11-34/h1,5-8,15-16,34-36H,9-12H2,2-3H3/t15?,16-/m1/s1. The lowest BCUT2D eigenvalue weighted by atomic mass is 9.95. The minimum Gasteiger partial charge on any atom is -0.508 e. The second-order valence-corrected chi connectivity index (χ2v) is 8.90. The second kappa shape index (κ2) is 10.5. The number of phenolic OH excluding ortho intramolecular Hbond substituents is 1. The molecular weight excluding hydrogens is 514 g/mol. The van der Waals surface area contributed by atoms with Gasteiger partial charge in [-0.15, -0.1) is 6.42 Å². The number of aliphatic hydroxyl groups is 2. The predicted octanol–water partition coefficient (Wildman–Crippen LogP) is 2.39. The topological polar surface area (TPSA) is 130 Å². The number of terminal acetylenes is 1. The van der Waals surface area contributed by atoms with Crippen molar-refractivity contribution in [2.24, 2.45) is 0 Å². The molecule has 1 aliphatic heterocycles. The Hall–Kier alpha value is -4.31. The molecule has 2 aromatic carbocycles. The van der Waals surface area contributed by atoms with E-state index in [1.165, 1.54) is 32.4 Å². The molecule has 0 bridgehead atoms. The largest absolute Gasteiger partial charge is 0.508 e.